The molecule has 1 heterocycles. The first-order valence-electron chi connectivity index (χ1n) is 7.30. The predicted octanol–water partition coefficient (Wildman–Crippen LogP) is 1.25. The maximum Gasteiger partial charge on any atom is 0.229 e. The van der Waals surface area contributed by atoms with Gasteiger partial charge in [-0.3, -0.25) is 9.59 Å². The summed E-state index contributed by atoms with van der Waals surface area (Å²) in [5, 5.41) is 6.22. The lowest BCUT2D eigenvalue weighted by Gasteiger charge is -2.15. The molecule has 5 nitrogen and oxygen atoms in total. The van der Waals surface area contributed by atoms with Gasteiger partial charge < -0.3 is 15.5 Å². The van der Waals surface area contributed by atoms with Crippen molar-refractivity contribution in [2.75, 3.05) is 26.0 Å². The topological polar surface area (TPSA) is 61.4 Å². The Hall–Kier alpha value is -1.88. The van der Waals surface area contributed by atoms with Crippen molar-refractivity contribution in [3.8, 4) is 0 Å². The van der Waals surface area contributed by atoms with Gasteiger partial charge >= 0.3 is 0 Å². The molecule has 1 fully saturated rings. The van der Waals surface area contributed by atoms with Crippen molar-refractivity contribution in [2.45, 2.75) is 25.8 Å². The van der Waals surface area contributed by atoms with Gasteiger partial charge in [-0.05, 0) is 37.6 Å². The van der Waals surface area contributed by atoms with Crippen LogP contribution < -0.4 is 10.6 Å². The maximum absolute atomic E-state index is 12.2. The van der Waals surface area contributed by atoms with Crippen LogP contribution in [0.3, 0.4) is 0 Å². The monoisotopic (exact) mass is 289 g/mol. The summed E-state index contributed by atoms with van der Waals surface area (Å²) in [5.41, 5.74) is 1.72. The third-order valence-electron chi connectivity index (χ3n) is 3.94. The van der Waals surface area contributed by atoms with Crippen molar-refractivity contribution in [1.82, 2.24) is 10.2 Å². The highest BCUT2D eigenvalue weighted by Gasteiger charge is 2.29. The van der Waals surface area contributed by atoms with Crippen LogP contribution in [-0.4, -0.2) is 43.4 Å². The van der Waals surface area contributed by atoms with Crippen LogP contribution in [0.15, 0.2) is 24.3 Å². The smallest absolute Gasteiger partial charge is 0.229 e. The Labute approximate surface area is 125 Å². The van der Waals surface area contributed by atoms with Gasteiger partial charge in [-0.25, -0.2) is 0 Å². The van der Waals surface area contributed by atoms with Gasteiger partial charge in [0.2, 0.25) is 11.8 Å². The second-order valence-corrected chi connectivity index (χ2v) is 5.79. The molecule has 5 heteroatoms. The number of carbonyl (C=O) groups excluding carboxylic acids is 2. The first-order chi connectivity index (χ1) is 9.97. The zero-order chi connectivity index (χ0) is 15.4. The molecular formula is C16H23N3O2. The van der Waals surface area contributed by atoms with Gasteiger partial charge in [0, 0.05) is 25.8 Å². The largest absolute Gasteiger partial charge is 0.349 e. The van der Waals surface area contributed by atoms with E-state index in [1.807, 2.05) is 31.2 Å². The minimum atomic E-state index is 0.0278. The van der Waals surface area contributed by atoms with E-state index in [-0.39, 0.29) is 23.8 Å². The molecule has 0 saturated carbocycles. The summed E-state index contributed by atoms with van der Waals surface area (Å²) in [5.74, 6) is 0.155. The molecule has 2 rings (SSSR count). The van der Waals surface area contributed by atoms with Crippen LogP contribution in [0.4, 0.5) is 5.69 Å². The van der Waals surface area contributed by atoms with E-state index in [2.05, 4.69) is 10.6 Å². The molecule has 1 saturated heterocycles. The minimum absolute atomic E-state index is 0.0278. The number of benzene rings is 1. The standard InChI is InChI=1S/C16H23N3O2/c1-11-14(8-9-17-11)16(21)18-13-6-4-12(5-7-13)10-15(20)19(2)3/h4-7,11,14,17H,8-10H2,1-3H3,(H,18,21). The van der Waals surface area contributed by atoms with Gasteiger partial charge in [0.25, 0.3) is 0 Å². The third-order valence-corrected chi connectivity index (χ3v) is 3.94. The Bertz CT molecular complexity index is 511. The molecule has 2 atom stereocenters. The van der Waals surface area contributed by atoms with Gasteiger partial charge in [0.05, 0.1) is 12.3 Å². The van der Waals surface area contributed by atoms with Crippen LogP contribution in [0.25, 0.3) is 0 Å². The summed E-state index contributed by atoms with van der Waals surface area (Å²) < 4.78 is 0. The molecule has 2 N–H and O–H groups in total. The first-order valence-corrected chi connectivity index (χ1v) is 7.30. The van der Waals surface area contributed by atoms with E-state index in [1.165, 1.54) is 0 Å². The van der Waals surface area contributed by atoms with E-state index < -0.39 is 0 Å². The second kappa shape index (κ2) is 6.72. The van der Waals surface area contributed by atoms with E-state index in [9.17, 15) is 9.59 Å². The number of carbonyl (C=O) groups is 2. The number of hydrogen-bond acceptors (Lipinski definition) is 3. The van der Waals surface area contributed by atoms with Gasteiger partial charge in [0.1, 0.15) is 0 Å². The number of likely N-dealkylation sites (N-methyl/N-ethyl adjacent to an activating group) is 1. The zero-order valence-electron chi connectivity index (χ0n) is 12.8. The molecule has 0 aliphatic carbocycles. The van der Waals surface area contributed by atoms with Crippen LogP contribution in [0.5, 0.6) is 0 Å². The predicted molar refractivity (Wildman–Crippen MR) is 83.0 cm³/mol. The van der Waals surface area contributed by atoms with Crippen molar-refractivity contribution < 1.29 is 9.59 Å². The fraction of sp³-hybridized carbons (Fsp3) is 0.500. The highest BCUT2D eigenvalue weighted by atomic mass is 16.2. The molecular weight excluding hydrogens is 266 g/mol. The van der Waals surface area contributed by atoms with Crippen molar-refractivity contribution >= 4 is 17.5 Å². The van der Waals surface area contributed by atoms with Gasteiger partial charge in [0.15, 0.2) is 0 Å². The van der Waals surface area contributed by atoms with Crippen molar-refractivity contribution in [1.29, 1.82) is 0 Å². The summed E-state index contributed by atoms with van der Waals surface area (Å²) >= 11 is 0. The first kappa shape index (κ1) is 15.5. The SMILES string of the molecule is CC1NCCC1C(=O)Nc1ccc(CC(=O)N(C)C)cc1. The molecule has 2 amide bonds. The Morgan fingerprint density at radius 3 is 2.48 bits per heavy atom. The van der Waals surface area contributed by atoms with Crippen molar-refractivity contribution in [3.63, 3.8) is 0 Å². The van der Waals surface area contributed by atoms with Crippen LogP contribution in [-0.2, 0) is 16.0 Å². The number of nitrogens with zero attached hydrogens (tertiary/aromatic N) is 1. The number of amides is 2. The Morgan fingerprint density at radius 2 is 1.95 bits per heavy atom. The lowest BCUT2D eigenvalue weighted by molar-refractivity contribution is -0.128. The molecule has 21 heavy (non-hydrogen) atoms. The number of rotatable bonds is 4. The van der Waals surface area contributed by atoms with Gasteiger partial charge in [-0.1, -0.05) is 12.1 Å². The molecule has 1 aliphatic rings. The third kappa shape index (κ3) is 4.04. The summed E-state index contributed by atoms with van der Waals surface area (Å²) in [4.78, 5) is 25.4. The fourth-order valence-corrected chi connectivity index (χ4v) is 2.49. The molecule has 1 aromatic carbocycles. The Kier molecular flexibility index (Phi) is 4.96. The molecule has 2 unspecified atom stereocenters. The summed E-state index contributed by atoms with van der Waals surface area (Å²) in [7, 11) is 3.49. The zero-order valence-corrected chi connectivity index (χ0v) is 12.8. The molecule has 0 radical (unpaired) electrons. The Balaban J connectivity index is 1.93. The van der Waals surface area contributed by atoms with E-state index in [0.717, 1.165) is 24.2 Å². The van der Waals surface area contributed by atoms with Crippen molar-refractivity contribution in [3.05, 3.63) is 29.8 Å². The minimum Gasteiger partial charge on any atom is -0.349 e. The van der Waals surface area contributed by atoms with E-state index in [4.69, 9.17) is 0 Å². The highest BCUT2D eigenvalue weighted by molar-refractivity contribution is 5.93. The second-order valence-electron chi connectivity index (χ2n) is 5.79. The molecule has 0 aromatic heterocycles. The average Bonchev–Trinajstić information content (AvgIpc) is 2.87. The molecule has 114 valence electrons. The lowest BCUT2D eigenvalue weighted by atomic mass is 10.0. The highest BCUT2D eigenvalue weighted by Crippen LogP contribution is 2.18. The molecule has 0 spiro atoms. The van der Waals surface area contributed by atoms with Crippen LogP contribution in [0, 0.1) is 5.92 Å². The van der Waals surface area contributed by atoms with Crippen LogP contribution >= 0.6 is 0 Å². The number of nitrogens with one attached hydrogen (secondary N) is 2. The molecule has 0 bridgehead atoms. The fourth-order valence-electron chi connectivity index (χ4n) is 2.49. The Morgan fingerprint density at radius 1 is 1.29 bits per heavy atom. The lowest BCUT2D eigenvalue weighted by Crippen LogP contribution is -2.32. The normalized spacial score (nSPS) is 21.1. The van der Waals surface area contributed by atoms with E-state index >= 15 is 0 Å². The summed E-state index contributed by atoms with van der Waals surface area (Å²) in [6.45, 7) is 2.93. The van der Waals surface area contributed by atoms with E-state index in [1.54, 1.807) is 19.0 Å². The van der Waals surface area contributed by atoms with Crippen LogP contribution in [0.1, 0.15) is 18.9 Å². The maximum atomic E-state index is 12.2. The summed E-state index contributed by atoms with van der Waals surface area (Å²) in [6, 6.07) is 7.69. The van der Waals surface area contributed by atoms with E-state index in [0.29, 0.717) is 6.42 Å². The number of anilines is 1. The van der Waals surface area contributed by atoms with Gasteiger partial charge in [-0.2, -0.15) is 0 Å². The quantitative estimate of drug-likeness (QED) is 0.877. The summed E-state index contributed by atoms with van der Waals surface area (Å²) in [6.07, 6.45) is 1.26. The van der Waals surface area contributed by atoms with Gasteiger partial charge in [-0.15, -0.1) is 0 Å². The molecule has 1 aromatic rings. The molecule has 1 aliphatic heterocycles. The average molecular weight is 289 g/mol. The number of hydrogen-bond donors (Lipinski definition) is 2. The van der Waals surface area contributed by atoms with Crippen LogP contribution in [0.2, 0.25) is 0 Å². The van der Waals surface area contributed by atoms with Crippen molar-refractivity contribution in [2.24, 2.45) is 5.92 Å².